The van der Waals surface area contributed by atoms with Gasteiger partial charge in [0.05, 0.1) is 30.6 Å². The van der Waals surface area contributed by atoms with E-state index in [2.05, 4.69) is 45.2 Å². The summed E-state index contributed by atoms with van der Waals surface area (Å²) in [5.41, 5.74) is 3.62. The molecule has 2 aliphatic rings. The maximum Gasteiger partial charge on any atom is 0.121 e. The minimum atomic E-state index is -0.0681. The number of benzene rings is 2. The fourth-order valence-electron chi connectivity index (χ4n) is 4.90. The number of hydrogen-bond donors (Lipinski definition) is 1. The number of fused-ring (bicyclic) bond motifs is 4. The van der Waals surface area contributed by atoms with Gasteiger partial charge in [-0.1, -0.05) is 18.2 Å². The molecule has 156 valence electrons. The lowest BCUT2D eigenvalue weighted by molar-refractivity contribution is 0.146. The molecule has 5 heteroatoms. The Morgan fingerprint density at radius 3 is 2.80 bits per heavy atom. The van der Waals surface area contributed by atoms with Crippen LogP contribution in [0.4, 0.5) is 5.69 Å². The molecule has 2 aromatic carbocycles. The van der Waals surface area contributed by atoms with E-state index < -0.39 is 0 Å². The van der Waals surface area contributed by atoms with Crippen molar-refractivity contribution in [3.05, 3.63) is 72.6 Å². The Hall–Kier alpha value is -2.92. The summed E-state index contributed by atoms with van der Waals surface area (Å²) < 4.78 is 13.7. The maximum atomic E-state index is 5.89. The first-order chi connectivity index (χ1) is 14.8. The van der Waals surface area contributed by atoms with E-state index >= 15 is 0 Å². The molecule has 1 saturated heterocycles. The normalized spacial score (nSPS) is 20.3. The van der Waals surface area contributed by atoms with E-state index in [1.54, 1.807) is 7.11 Å². The zero-order valence-corrected chi connectivity index (χ0v) is 17.5. The molecular weight excluding hydrogens is 374 g/mol. The third kappa shape index (κ3) is 3.54. The van der Waals surface area contributed by atoms with E-state index in [1.165, 1.54) is 17.8 Å². The second kappa shape index (κ2) is 8.07. The third-order valence-electron chi connectivity index (χ3n) is 6.28. The summed E-state index contributed by atoms with van der Waals surface area (Å²) in [4.78, 5) is 2.58. The van der Waals surface area contributed by atoms with Crippen LogP contribution in [0.5, 0.6) is 11.5 Å². The van der Waals surface area contributed by atoms with E-state index in [1.807, 2.05) is 36.4 Å². The zero-order valence-electron chi connectivity index (χ0n) is 17.5. The number of ether oxygens (including phenoxy) is 2. The molecule has 1 aromatic heterocycles. The first-order valence-electron chi connectivity index (χ1n) is 10.8. The standard InChI is InChI=1S/C25H29N3O2/c1-29-21-11-12-23-22(18-21)26-25(24-10-5-16-28(23)24)13-6-14-27(19-25)15-7-17-30-20-8-3-2-4-9-20/h2-5,8-12,16,18,26H,6-7,13-15,17,19H2,1H3/t25-/m1/s1. The zero-order chi connectivity index (χ0) is 20.4. The molecule has 3 heterocycles. The minimum Gasteiger partial charge on any atom is -0.497 e. The van der Waals surface area contributed by atoms with Gasteiger partial charge in [-0.05, 0) is 62.2 Å². The number of piperidine rings is 1. The van der Waals surface area contributed by atoms with Crippen LogP contribution in [0.3, 0.4) is 0 Å². The van der Waals surface area contributed by atoms with Crippen molar-refractivity contribution in [2.75, 3.05) is 38.7 Å². The monoisotopic (exact) mass is 403 g/mol. The molecule has 0 amide bonds. The van der Waals surface area contributed by atoms with Crippen molar-refractivity contribution in [2.45, 2.75) is 24.8 Å². The molecular formula is C25H29N3O2. The molecule has 1 spiro atoms. The van der Waals surface area contributed by atoms with Crippen molar-refractivity contribution in [1.82, 2.24) is 9.47 Å². The number of methoxy groups -OCH3 is 1. The number of nitrogens with zero attached hydrogens (tertiary/aromatic N) is 2. The second-order valence-electron chi connectivity index (χ2n) is 8.25. The van der Waals surface area contributed by atoms with Crippen LogP contribution in [-0.4, -0.2) is 42.8 Å². The number of para-hydroxylation sites is 1. The summed E-state index contributed by atoms with van der Waals surface area (Å²) in [5.74, 6) is 1.84. The van der Waals surface area contributed by atoms with Crippen LogP contribution in [0.1, 0.15) is 25.0 Å². The fourth-order valence-corrected chi connectivity index (χ4v) is 4.90. The van der Waals surface area contributed by atoms with Crippen LogP contribution in [0, 0.1) is 0 Å². The van der Waals surface area contributed by atoms with Crippen molar-refractivity contribution in [3.8, 4) is 17.2 Å². The Kier molecular flexibility index (Phi) is 5.13. The topological polar surface area (TPSA) is 38.7 Å². The molecule has 0 bridgehead atoms. The first kappa shape index (κ1) is 19.1. The summed E-state index contributed by atoms with van der Waals surface area (Å²) in [7, 11) is 1.72. The first-order valence-corrected chi connectivity index (χ1v) is 10.8. The SMILES string of the molecule is COc1ccc2c(c1)N[C@@]1(CCCN(CCCOc3ccccc3)C1)c1cccn1-2. The smallest absolute Gasteiger partial charge is 0.121 e. The van der Waals surface area contributed by atoms with Crippen LogP contribution in [0.2, 0.25) is 0 Å². The van der Waals surface area contributed by atoms with Crippen molar-refractivity contribution >= 4 is 5.69 Å². The lowest BCUT2D eigenvalue weighted by atomic mass is 9.83. The summed E-state index contributed by atoms with van der Waals surface area (Å²) in [6.07, 6.45) is 5.51. The number of rotatable bonds is 6. The fraction of sp³-hybridized carbons (Fsp3) is 0.360. The van der Waals surface area contributed by atoms with Gasteiger partial charge in [-0.25, -0.2) is 0 Å². The summed E-state index contributed by atoms with van der Waals surface area (Å²) in [6, 6.07) is 20.8. The van der Waals surface area contributed by atoms with Gasteiger partial charge in [-0.3, -0.25) is 0 Å². The van der Waals surface area contributed by atoms with E-state index in [4.69, 9.17) is 9.47 Å². The number of anilines is 1. The minimum absolute atomic E-state index is 0.0681. The number of likely N-dealkylation sites (tertiary alicyclic amines) is 1. The summed E-state index contributed by atoms with van der Waals surface area (Å²) in [5, 5.41) is 3.90. The molecule has 1 N–H and O–H groups in total. The molecule has 2 aliphatic heterocycles. The van der Waals surface area contributed by atoms with Crippen molar-refractivity contribution in [2.24, 2.45) is 0 Å². The van der Waals surface area contributed by atoms with Gasteiger partial charge >= 0.3 is 0 Å². The van der Waals surface area contributed by atoms with Gasteiger partial charge in [0.25, 0.3) is 0 Å². The predicted molar refractivity (Wildman–Crippen MR) is 120 cm³/mol. The van der Waals surface area contributed by atoms with Crippen molar-refractivity contribution in [3.63, 3.8) is 0 Å². The Morgan fingerprint density at radius 1 is 1.03 bits per heavy atom. The molecule has 0 radical (unpaired) electrons. The molecule has 0 aliphatic carbocycles. The molecule has 1 fully saturated rings. The highest BCUT2D eigenvalue weighted by Crippen LogP contribution is 2.43. The Bertz CT molecular complexity index is 1000. The van der Waals surface area contributed by atoms with Crippen LogP contribution in [0.15, 0.2) is 66.9 Å². The second-order valence-corrected chi connectivity index (χ2v) is 8.25. The van der Waals surface area contributed by atoms with Crippen LogP contribution in [-0.2, 0) is 5.54 Å². The van der Waals surface area contributed by atoms with E-state index in [9.17, 15) is 0 Å². The molecule has 1 atom stereocenters. The van der Waals surface area contributed by atoms with Gasteiger partial charge in [0.15, 0.2) is 0 Å². The summed E-state index contributed by atoms with van der Waals surface area (Å²) in [6.45, 7) is 3.93. The van der Waals surface area contributed by atoms with Crippen LogP contribution in [0.25, 0.3) is 5.69 Å². The molecule has 5 rings (SSSR count). The highest BCUT2D eigenvalue weighted by molar-refractivity contribution is 5.69. The van der Waals surface area contributed by atoms with Gasteiger partial charge in [0.1, 0.15) is 11.5 Å². The highest BCUT2D eigenvalue weighted by atomic mass is 16.5. The molecule has 0 saturated carbocycles. The van der Waals surface area contributed by atoms with Gasteiger partial charge in [0, 0.05) is 31.0 Å². The number of hydrogen-bond acceptors (Lipinski definition) is 4. The van der Waals surface area contributed by atoms with Gasteiger partial charge < -0.3 is 24.3 Å². The van der Waals surface area contributed by atoms with Gasteiger partial charge in [-0.15, -0.1) is 0 Å². The average Bonchev–Trinajstić information content (AvgIpc) is 3.29. The Balaban J connectivity index is 1.29. The predicted octanol–water partition coefficient (Wildman–Crippen LogP) is 4.67. The molecule has 3 aromatic rings. The van der Waals surface area contributed by atoms with E-state index in [0.717, 1.165) is 56.3 Å². The van der Waals surface area contributed by atoms with Crippen LogP contribution < -0.4 is 14.8 Å². The number of aromatic nitrogens is 1. The lowest BCUT2D eigenvalue weighted by Gasteiger charge is -2.47. The van der Waals surface area contributed by atoms with Crippen molar-refractivity contribution < 1.29 is 9.47 Å². The summed E-state index contributed by atoms with van der Waals surface area (Å²) >= 11 is 0. The average molecular weight is 404 g/mol. The third-order valence-corrected chi connectivity index (χ3v) is 6.28. The van der Waals surface area contributed by atoms with E-state index in [-0.39, 0.29) is 5.54 Å². The number of nitrogens with one attached hydrogen (secondary N) is 1. The Labute approximate surface area is 178 Å². The lowest BCUT2D eigenvalue weighted by Crippen LogP contribution is -2.53. The van der Waals surface area contributed by atoms with E-state index in [0.29, 0.717) is 0 Å². The highest BCUT2D eigenvalue weighted by Gasteiger charge is 2.42. The Morgan fingerprint density at radius 2 is 1.93 bits per heavy atom. The quantitative estimate of drug-likeness (QED) is 0.607. The van der Waals surface area contributed by atoms with Gasteiger partial charge in [-0.2, -0.15) is 0 Å². The van der Waals surface area contributed by atoms with Gasteiger partial charge in [0.2, 0.25) is 0 Å². The largest absolute Gasteiger partial charge is 0.497 e. The molecule has 5 nitrogen and oxygen atoms in total. The molecule has 30 heavy (non-hydrogen) atoms. The van der Waals surface area contributed by atoms with Crippen molar-refractivity contribution in [1.29, 1.82) is 0 Å². The maximum absolute atomic E-state index is 5.89. The van der Waals surface area contributed by atoms with Crippen LogP contribution >= 0.6 is 0 Å². The molecule has 0 unspecified atom stereocenters.